The lowest BCUT2D eigenvalue weighted by Gasteiger charge is -2.38. The van der Waals surface area contributed by atoms with Crippen molar-refractivity contribution in [2.45, 2.75) is 96.3 Å². The summed E-state index contributed by atoms with van der Waals surface area (Å²) >= 11 is 0. The van der Waals surface area contributed by atoms with E-state index in [2.05, 4.69) is 49.4 Å². The molecule has 0 aromatic heterocycles. The van der Waals surface area contributed by atoms with Crippen LogP contribution < -0.4 is 11.5 Å². The van der Waals surface area contributed by atoms with Gasteiger partial charge in [0.15, 0.2) is 0 Å². The van der Waals surface area contributed by atoms with Gasteiger partial charge in [-0.25, -0.2) is 0 Å². The molecule has 0 radical (unpaired) electrons. The van der Waals surface area contributed by atoms with E-state index in [9.17, 15) is 0 Å². The summed E-state index contributed by atoms with van der Waals surface area (Å²) in [5.74, 6) is 3.69. The van der Waals surface area contributed by atoms with Gasteiger partial charge in [-0.05, 0) is 97.1 Å². The van der Waals surface area contributed by atoms with Gasteiger partial charge in [0, 0.05) is 17.8 Å². The minimum absolute atomic E-state index is 0.684. The van der Waals surface area contributed by atoms with Crippen LogP contribution >= 0.6 is 0 Å². The molecule has 0 aliphatic heterocycles. The second-order valence-electron chi connectivity index (χ2n) is 10.8. The summed E-state index contributed by atoms with van der Waals surface area (Å²) in [4.78, 5) is 0. The molecule has 0 spiro atoms. The summed E-state index contributed by atoms with van der Waals surface area (Å²) in [6, 6.07) is 8.97. The largest absolute Gasteiger partial charge is 0.402 e. The average molecular weight is 433 g/mol. The smallest absolute Gasteiger partial charge is 0.0267 e. The SMILES string of the molecule is CCCCCC1CCC(C2CCC(c3ccccc3C=C3C=C(N)CC(N)=C3)CC2)CC1. The summed E-state index contributed by atoms with van der Waals surface area (Å²) in [5, 5.41) is 0. The minimum Gasteiger partial charge on any atom is -0.402 e. The van der Waals surface area contributed by atoms with Crippen LogP contribution in [0, 0.1) is 17.8 Å². The van der Waals surface area contributed by atoms with Gasteiger partial charge in [0.05, 0.1) is 0 Å². The zero-order valence-corrected chi connectivity index (χ0v) is 20.2. The third-order valence-electron chi connectivity index (χ3n) is 8.42. The maximum Gasteiger partial charge on any atom is 0.0267 e. The van der Waals surface area contributed by atoms with E-state index in [4.69, 9.17) is 11.5 Å². The number of nitrogens with two attached hydrogens (primary N) is 2. The minimum atomic E-state index is 0.684. The van der Waals surface area contributed by atoms with Crippen molar-refractivity contribution in [2.75, 3.05) is 0 Å². The van der Waals surface area contributed by atoms with Gasteiger partial charge >= 0.3 is 0 Å². The lowest BCUT2D eigenvalue weighted by atomic mass is 9.67. The van der Waals surface area contributed by atoms with Gasteiger partial charge in [0.25, 0.3) is 0 Å². The second kappa shape index (κ2) is 11.3. The Morgan fingerprint density at radius 3 is 2.09 bits per heavy atom. The summed E-state index contributed by atoms with van der Waals surface area (Å²) in [7, 11) is 0. The van der Waals surface area contributed by atoms with E-state index in [1.165, 1.54) is 88.2 Å². The molecule has 2 saturated carbocycles. The van der Waals surface area contributed by atoms with E-state index in [1.807, 2.05) is 0 Å². The van der Waals surface area contributed by atoms with Gasteiger partial charge in [-0.3, -0.25) is 0 Å². The van der Waals surface area contributed by atoms with Crippen LogP contribution in [0.2, 0.25) is 0 Å². The van der Waals surface area contributed by atoms with Crippen molar-refractivity contribution < 1.29 is 0 Å². The fraction of sp³-hybridized carbons (Fsp3) is 0.600. The Hall–Kier alpha value is -1.96. The van der Waals surface area contributed by atoms with Crippen LogP contribution in [-0.2, 0) is 0 Å². The number of hydrogen-bond acceptors (Lipinski definition) is 2. The van der Waals surface area contributed by atoms with Gasteiger partial charge < -0.3 is 11.5 Å². The molecule has 4 rings (SSSR count). The average Bonchev–Trinajstić information content (AvgIpc) is 2.80. The first kappa shape index (κ1) is 23.2. The van der Waals surface area contributed by atoms with Crippen molar-refractivity contribution in [3.8, 4) is 0 Å². The third-order valence-corrected chi connectivity index (χ3v) is 8.42. The second-order valence-corrected chi connectivity index (χ2v) is 10.8. The fourth-order valence-electron chi connectivity index (χ4n) is 6.62. The molecule has 0 unspecified atom stereocenters. The Morgan fingerprint density at radius 2 is 1.44 bits per heavy atom. The molecule has 0 heterocycles. The van der Waals surface area contributed by atoms with Crippen LogP contribution in [0.15, 0.2) is 53.4 Å². The molecule has 2 fully saturated rings. The molecule has 0 amide bonds. The van der Waals surface area contributed by atoms with Crippen LogP contribution in [-0.4, -0.2) is 0 Å². The standard InChI is InChI=1S/C30H44N2/c1-2-3-4-7-22-10-12-24(13-11-22)25-14-16-26(17-15-25)30-9-6-5-8-27(30)18-23-19-28(31)21-29(32)20-23/h5-6,8-9,18-20,22,24-26H,2-4,7,10-17,21,31-32H2,1H3. The van der Waals surface area contributed by atoms with Gasteiger partial charge in [0.2, 0.25) is 0 Å². The maximum atomic E-state index is 6.07. The molecule has 3 aliphatic carbocycles. The van der Waals surface area contributed by atoms with Crippen molar-refractivity contribution >= 4 is 6.08 Å². The van der Waals surface area contributed by atoms with E-state index in [1.54, 1.807) is 0 Å². The highest BCUT2D eigenvalue weighted by Crippen LogP contribution is 2.45. The first-order valence-corrected chi connectivity index (χ1v) is 13.3. The highest BCUT2D eigenvalue weighted by Gasteiger charge is 2.31. The normalized spacial score (nSPS) is 28.7. The van der Waals surface area contributed by atoms with Crippen molar-refractivity contribution in [3.63, 3.8) is 0 Å². The first-order valence-electron chi connectivity index (χ1n) is 13.3. The highest BCUT2D eigenvalue weighted by molar-refractivity contribution is 5.64. The van der Waals surface area contributed by atoms with E-state index >= 15 is 0 Å². The molecule has 2 heteroatoms. The molecule has 174 valence electrons. The van der Waals surface area contributed by atoms with E-state index in [-0.39, 0.29) is 0 Å². The topological polar surface area (TPSA) is 52.0 Å². The maximum absolute atomic E-state index is 6.07. The van der Waals surface area contributed by atoms with Crippen LogP contribution in [0.4, 0.5) is 0 Å². The molecule has 1 aromatic rings. The van der Waals surface area contributed by atoms with Crippen LogP contribution in [0.5, 0.6) is 0 Å². The summed E-state index contributed by atoms with van der Waals surface area (Å²) < 4.78 is 0. The number of allylic oxidation sites excluding steroid dienone is 3. The highest BCUT2D eigenvalue weighted by atomic mass is 14.6. The van der Waals surface area contributed by atoms with Crippen LogP contribution in [0.1, 0.15) is 107 Å². The molecule has 0 bridgehead atoms. The van der Waals surface area contributed by atoms with Gasteiger partial charge in [-0.1, -0.05) is 69.7 Å². The molecular formula is C30H44N2. The summed E-state index contributed by atoms with van der Waals surface area (Å²) in [6.07, 6.45) is 24.3. The monoisotopic (exact) mass is 432 g/mol. The predicted octanol–water partition coefficient (Wildman–Crippen LogP) is 7.82. The Morgan fingerprint density at radius 1 is 0.812 bits per heavy atom. The van der Waals surface area contributed by atoms with Crippen molar-refractivity contribution in [2.24, 2.45) is 29.2 Å². The number of benzene rings is 1. The zero-order chi connectivity index (χ0) is 22.3. The van der Waals surface area contributed by atoms with Crippen molar-refractivity contribution in [1.29, 1.82) is 0 Å². The van der Waals surface area contributed by atoms with Gasteiger partial charge in [-0.15, -0.1) is 0 Å². The van der Waals surface area contributed by atoms with Crippen molar-refractivity contribution in [1.82, 2.24) is 0 Å². The predicted molar refractivity (Wildman–Crippen MR) is 138 cm³/mol. The lowest BCUT2D eigenvalue weighted by molar-refractivity contribution is 0.155. The number of unbranched alkanes of at least 4 members (excludes halogenated alkanes) is 2. The Balaban J connectivity index is 1.33. The Bertz CT molecular complexity index is 810. The van der Waals surface area contributed by atoms with Gasteiger partial charge in [0.1, 0.15) is 0 Å². The zero-order valence-electron chi connectivity index (χ0n) is 20.2. The molecular weight excluding hydrogens is 388 g/mol. The van der Waals surface area contributed by atoms with Crippen LogP contribution in [0.3, 0.4) is 0 Å². The number of rotatable bonds is 7. The lowest BCUT2D eigenvalue weighted by Crippen LogP contribution is -2.25. The third kappa shape index (κ3) is 6.09. The molecule has 32 heavy (non-hydrogen) atoms. The molecule has 0 saturated heterocycles. The summed E-state index contributed by atoms with van der Waals surface area (Å²) in [5.41, 5.74) is 17.8. The quantitative estimate of drug-likeness (QED) is 0.431. The molecule has 1 aromatic carbocycles. The van der Waals surface area contributed by atoms with E-state index in [0.29, 0.717) is 12.3 Å². The molecule has 4 N–H and O–H groups in total. The first-order chi connectivity index (χ1) is 15.6. The van der Waals surface area contributed by atoms with E-state index in [0.717, 1.165) is 34.7 Å². The molecule has 0 atom stereocenters. The Kier molecular flexibility index (Phi) is 8.16. The molecule has 3 aliphatic rings. The fourth-order valence-corrected chi connectivity index (χ4v) is 6.62. The van der Waals surface area contributed by atoms with E-state index < -0.39 is 0 Å². The summed E-state index contributed by atoms with van der Waals surface area (Å²) in [6.45, 7) is 2.32. The van der Waals surface area contributed by atoms with Crippen LogP contribution in [0.25, 0.3) is 6.08 Å². The molecule has 2 nitrogen and oxygen atoms in total. The Labute approximate surface area is 196 Å². The van der Waals surface area contributed by atoms with Crippen molar-refractivity contribution in [3.05, 3.63) is 64.5 Å². The number of hydrogen-bond donors (Lipinski definition) is 2. The van der Waals surface area contributed by atoms with Gasteiger partial charge in [-0.2, -0.15) is 0 Å².